The summed E-state index contributed by atoms with van der Waals surface area (Å²) in [4.78, 5) is 10.2. The van der Waals surface area contributed by atoms with Crippen LogP contribution in [0.15, 0.2) is 12.2 Å². The van der Waals surface area contributed by atoms with Crippen LogP contribution in [0.4, 0.5) is 0 Å². The van der Waals surface area contributed by atoms with E-state index >= 15 is 0 Å². The molecule has 0 N–H and O–H groups in total. The monoisotopic (exact) mass is 157 g/mol. The van der Waals surface area contributed by atoms with Crippen LogP contribution >= 0.6 is 0 Å². The molecule has 0 aliphatic heterocycles. The van der Waals surface area contributed by atoms with E-state index in [2.05, 4.69) is 6.58 Å². The van der Waals surface area contributed by atoms with Crippen molar-refractivity contribution in [1.29, 1.82) is 0 Å². The molecule has 3 nitrogen and oxygen atoms in total. The van der Waals surface area contributed by atoms with E-state index in [-0.39, 0.29) is 5.57 Å². The molecule has 0 aliphatic rings. The smallest absolute Gasteiger partial charge is 0.0821 e. The number of hydrogen-bond acceptors (Lipinski definition) is 2. The molecular formula is C8H15NO2. The molecule has 3 heteroatoms. The molecule has 0 radical (unpaired) electrons. The Labute approximate surface area is 67.5 Å². The fourth-order valence-corrected chi connectivity index (χ4v) is 0.572. The average Bonchev–Trinajstić information content (AvgIpc) is 1.80. The fraction of sp³-hybridized carbons (Fsp3) is 0.625. The Kier molecular flexibility index (Phi) is 3.26. The molecule has 0 rings (SSSR count). The number of nitrogens with zero attached hydrogens (tertiary/aromatic N) is 1. The summed E-state index contributed by atoms with van der Waals surface area (Å²) < 4.78 is 0.742. The van der Waals surface area contributed by atoms with E-state index in [0.29, 0.717) is 6.42 Å². The Bertz CT molecular complexity index is 167. The van der Waals surface area contributed by atoms with Gasteiger partial charge >= 0.3 is 0 Å². The quantitative estimate of drug-likeness (QED) is 0.403. The van der Waals surface area contributed by atoms with Crippen molar-refractivity contribution < 1.29 is 14.4 Å². The van der Waals surface area contributed by atoms with Crippen LogP contribution in [-0.2, 0) is 4.79 Å². The van der Waals surface area contributed by atoms with Gasteiger partial charge in [0.05, 0.1) is 33.7 Å². The van der Waals surface area contributed by atoms with E-state index in [1.54, 1.807) is 0 Å². The van der Waals surface area contributed by atoms with Crippen molar-refractivity contribution in [3.8, 4) is 0 Å². The largest absolute Gasteiger partial charge is 0.545 e. The first-order valence-electron chi connectivity index (χ1n) is 3.52. The number of carboxylic acid groups (broad SMARTS) is 1. The second kappa shape index (κ2) is 3.53. The molecule has 64 valence electrons. The highest BCUT2D eigenvalue weighted by molar-refractivity contribution is 5.83. The first-order valence-corrected chi connectivity index (χ1v) is 3.52. The number of carbonyl (C=O) groups is 1. The summed E-state index contributed by atoms with van der Waals surface area (Å²) in [7, 11) is 6.01. The van der Waals surface area contributed by atoms with Crippen LogP contribution in [0, 0.1) is 0 Å². The van der Waals surface area contributed by atoms with Crippen molar-refractivity contribution in [1.82, 2.24) is 0 Å². The standard InChI is InChI=1S/C8H15NO2/c1-7(8(10)11)5-6-9(2,3)4/h1,5-6H2,2-4H3. The van der Waals surface area contributed by atoms with E-state index in [4.69, 9.17) is 0 Å². The van der Waals surface area contributed by atoms with Crippen molar-refractivity contribution >= 4 is 5.97 Å². The lowest BCUT2D eigenvalue weighted by molar-refractivity contribution is -0.870. The second-order valence-electron chi connectivity index (χ2n) is 3.65. The van der Waals surface area contributed by atoms with Gasteiger partial charge in [0.2, 0.25) is 0 Å². The van der Waals surface area contributed by atoms with Crippen molar-refractivity contribution in [3.05, 3.63) is 12.2 Å². The zero-order valence-electron chi connectivity index (χ0n) is 7.39. The van der Waals surface area contributed by atoms with Crippen molar-refractivity contribution in [3.63, 3.8) is 0 Å². The molecule has 0 atom stereocenters. The van der Waals surface area contributed by atoms with Gasteiger partial charge in [-0.25, -0.2) is 0 Å². The van der Waals surface area contributed by atoms with E-state index in [9.17, 15) is 9.90 Å². The molecule has 0 bridgehead atoms. The van der Waals surface area contributed by atoms with Gasteiger partial charge in [0, 0.05) is 6.42 Å². The van der Waals surface area contributed by atoms with Crippen LogP contribution in [0.2, 0.25) is 0 Å². The van der Waals surface area contributed by atoms with Gasteiger partial charge in [-0.05, 0) is 5.57 Å². The lowest BCUT2D eigenvalue weighted by Crippen LogP contribution is -2.36. The Balaban J connectivity index is 3.73. The summed E-state index contributed by atoms with van der Waals surface area (Å²) in [6.07, 6.45) is 0.492. The molecule has 0 aromatic heterocycles. The summed E-state index contributed by atoms with van der Waals surface area (Å²) in [5.41, 5.74) is 0.179. The maximum absolute atomic E-state index is 10.2. The molecule has 0 amide bonds. The minimum Gasteiger partial charge on any atom is -0.545 e. The molecule has 0 unspecified atom stereocenters. The van der Waals surface area contributed by atoms with E-state index in [1.807, 2.05) is 21.1 Å². The number of rotatable bonds is 4. The zero-order chi connectivity index (χ0) is 9.07. The molecule has 0 aromatic carbocycles. The predicted octanol–water partition coefficient (Wildman–Crippen LogP) is -0.611. The van der Waals surface area contributed by atoms with Crippen LogP contribution < -0.4 is 5.11 Å². The predicted molar refractivity (Wildman–Crippen MR) is 41.7 cm³/mol. The highest BCUT2D eigenvalue weighted by Crippen LogP contribution is 2.00. The summed E-state index contributed by atoms with van der Waals surface area (Å²) in [6, 6.07) is 0. The molecule has 0 spiro atoms. The van der Waals surface area contributed by atoms with Crippen LogP contribution in [0.5, 0.6) is 0 Å². The third kappa shape index (κ3) is 5.61. The maximum Gasteiger partial charge on any atom is 0.0821 e. The Morgan fingerprint density at radius 2 is 1.91 bits per heavy atom. The van der Waals surface area contributed by atoms with Gasteiger partial charge in [-0.2, -0.15) is 0 Å². The highest BCUT2D eigenvalue weighted by atomic mass is 16.4. The number of carboxylic acids is 1. The molecule has 0 aromatic rings. The van der Waals surface area contributed by atoms with Gasteiger partial charge in [0.1, 0.15) is 0 Å². The van der Waals surface area contributed by atoms with Gasteiger partial charge < -0.3 is 14.4 Å². The summed E-state index contributed by atoms with van der Waals surface area (Å²) >= 11 is 0. The number of quaternary nitrogens is 1. The average molecular weight is 157 g/mol. The molecule has 0 heterocycles. The van der Waals surface area contributed by atoms with Gasteiger partial charge in [-0.15, -0.1) is 0 Å². The van der Waals surface area contributed by atoms with Gasteiger partial charge in [-0.3, -0.25) is 0 Å². The van der Waals surface area contributed by atoms with Crippen LogP contribution in [0.25, 0.3) is 0 Å². The third-order valence-corrected chi connectivity index (χ3v) is 1.37. The lowest BCUT2D eigenvalue weighted by atomic mass is 10.2. The minimum atomic E-state index is -1.14. The number of hydrogen-bond donors (Lipinski definition) is 0. The zero-order valence-corrected chi connectivity index (χ0v) is 7.39. The van der Waals surface area contributed by atoms with E-state index in [1.165, 1.54) is 0 Å². The Morgan fingerprint density at radius 3 is 2.18 bits per heavy atom. The normalized spacial score (nSPS) is 11.2. The minimum absolute atomic E-state index is 0.179. The van der Waals surface area contributed by atoms with E-state index < -0.39 is 5.97 Å². The molecule has 0 saturated heterocycles. The van der Waals surface area contributed by atoms with Crippen LogP contribution in [-0.4, -0.2) is 38.1 Å². The summed E-state index contributed by atoms with van der Waals surface area (Å²) in [6.45, 7) is 4.16. The first kappa shape index (κ1) is 10.2. The number of carbonyl (C=O) groups excluding carboxylic acids is 1. The summed E-state index contributed by atoms with van der Waals surface area (Å²) in [5.74, 6) is -1.14. The molecule has 0 fully saturated rings. The Hall–Kier alpha value is -0.830. The van der Waals surface area contributed by atoms with Gasteiger partial charge in [0.15, 0.2) is 0 Å². The van der Waals surface area contributed by atoms with Gasteiger partial charge in [0.25, 0.3) is 0 Å². The molecule has 0 aliphatic carbocycles. The lowest BCUT2D eigenvalue weighted by Gasteiger charge is -2.24. The van der Waals surface area contributed by atoms with Crippen LogP contribution in [0.3, 0.4) is 0 Å². The maximum atomic E-state index is 10.2. The van der Waals surface area contributed by atoms with E-state index in [0.717, 1.165) is 11.0 Å². The first-order chi connectivity index (χ1) is 4.83. The second-order valence-corrected chi connectivity index (χ2v) is 3.65. The topological polar surface area (TPSA) is 40.1 Å². The molecule has 11 heavy (non-hydrogen) atoms. The highest BCUT2D eigenvalue weighted by Gasteiger charge is 2.07. The SMILES string of the molecule is C=C(CC[N+](C)(C)C)C(=O)[O-]. The molecular weight excluding hydrogens is 142 g/mol. The van der Waals surface area contributed by atoms with Crippen molar-refractivity contribution in [2.24, 2.45) is 0 Å². The van der Waals surface area contributed by atoms with Crippen molar-refractivity contribution in [2.75, 3.05) is 27.7 Å². The van der Waals surface area contributed by atoms with Crippen molar-refractivity contribution in [2.45, 2.75) is 6.42 Å². The number of aliphatic carboxylic acids is 1. The third-order valence-electron chi connectivity index (χ3n) is 1.37. The fourth-order valence-electron chi connectivity index (χ4n) is 0.572. The molecule has 0 saturated carbocycles. The Morgan fingerprint density at radius 1 is 1.45 bits per heavy atom. The van der Waals surface area contributed by atoms with Crippen LogP contribution in [0.1, 0.15) is 6.42 Å². The van der Waals surface area contributed by atoms with Gasteiger partial charge in [-0.1, -0.05) is 6.58 Å². The summed E-state index contributed by atoms with van der Waals surface area (Å²) in [5, 5.41) is 10.2.